The molecule has 0 fully saturated rings. The molecular formula is C27H38FN3O4S. The van der Waals surface area contributed by atoms with Gasteiger partial charge in [-0.1, -0.05) is 38.1 Å². The van der Waals surface area contributed by atoms with E-state index in [2.05, 4.69) is 5.32 Å². The standard InChI is InChI=1S/C27H38FN3O4S/c1-19(2)17-29-27(33)22(5)30(18-23-11-13-24(28)14-12-23)26(32)8-7-15-31(36(6,34)35)25-16-20(3)9-10-21(25)4/h9-14,16,19,22H,7-8,15,17-18H2,1-6H3,(H,29,33). The molecule has 2 aromatic carbocycles. The van der Waals surface area contributed by atoms with Gasteiger partial charge in [-0.15, -0.1) is 0 Å². The molecule has 0 saturated heterocycles. The third-order valence-electron chi connectivity index (χ3n) is 5.90. The summed E-state index contributed by atoms with van der Waals surface area (Å²) in [6.07, 6.45) is 1.48. The molecule has 0 bridgehead atoms. The average Bonchev–Trinajstić information content (AvgIpc) is 2.80. The lowest BCUT2D eigenvalue weighted by molar-refractivity contribution is -0.140. The molecule has 0 spiro atoms. The monoisotopic (exact) mass is 519 g/mol. The molecule has 0 aliphatic heterocycles. The number of carbonyl (C=O) groups excluding carboxylic acids is 2. The van der Waals surface area contributed by atoms with E-state index in [0.29, 0.717) is 17.8 Å². The first-order valence-electron chi connectivity index (χ1n) is 12.2. The number of carbonyl (C=O) groups is 2. The fourth-order valence-corrected chi connectivity index (χ4v) is 4.81. The van der Waals surface area contributed by atoms with Crippen molar-refractivity contribution in [3.05, 3.63) is 65.0 Å². The van der Waals surface area contributed by atoms with E-state index in [-0.39, 0.29) is 49.5 Å². The Morgan fingerprint density at radius 1 is 1.03 bits per heavy atom. The molecule has 1 atom stereocenters. The van der Waals surface area contributed by atoms with E-state index in [9.17, 15) is 22.4 Å². The van der Waals surface area contributed by atoms with Gasteiger partial charge in [0, 0.05) is 26.1 Å². The van der Waals surface area contributed by atoms with Crippen LogP contribution < -0.4 is 9.62 Å². The largest absolute Gasteiger partial charge is 0.354 e. The van der Waals surface area contributed by atoms with Crippen molar-refractivity contribution < 1.29 is 22.4 Å². The molecule has 2 aromatic rings. The number of aryl methyl sites for hydroxylation is 2. The highest BCUT2D eigenvalue weighted by Gasteiger charge is 2.27. The molecule has 36 heavy (non-hydrogen) atoms. The number of hydrogen-bond acceptors (Lipinski definition) is 4. The zero-order chi connectivity index (χ0) is 27.0. The molecule has 9 heteroatoms. The summed E-state index contributed by atoms with van der Waals surface area (Å²) in [7, 11) is -3.56. The summed E-state index contributed by atoms with van der Waals surface area (Å²) in [6, 6.07) is 10.7. The number of hydrogen-bond donors (Lipinski definition) is 1. The minimum Gasteiger partial charge on any atom is -0.354 e. The topological polar surface area (TPSA) is 86.8 Å². The van der Waals surface area contributed by atoms with Crippen LogP contribution in [-0.2, 0) is 26.2 Å². The molecule has 0 radical (unpaired) electrons. The SMILES string of the molecule is Cc1ccc(C)c(N(CCCC(=O)N(Cc2ccc(F)cc2)C(C)C(=O)NCC(C)C)S(C)(=O)=O)c1. The van der Waals surface area contributed by atoms with Crippen molar-refractivity contribution in [2.75, 3.05) is 23.7 Å². The first-order valence-corrected chi connectivity index (χ1v) is 14.0. The molecule has 0 aliphatic carbocycles. The van der Waals surface area contributed by atoms with Gasteiger partial charge in [0.25, 0.3) is 0 Å². The van der Waals surface area contributed by atoms with E-state index in [4.69, 9.17) is 0 Å². The number of nitrogens with one attached hydrogen (secondary N) is 1. The van der Waals surface area contributed by atoms with Crippen LogP contribution in [-0.4, -0.2) is 50.5 Å². The molecule has 1 unspecified atom stereocenters. The number of halogens is 1. The second-order valence-electron chi connectivity index (χ2n) is 9.69. The van der Waals surface area contributed by atoms with Crippen LogP contribution in [0.4, 0.5) is 10.1 Å². The molecule has 0 saturated carbocycles. The quantitative estimate of drug-likeness (QED) is 0.456. The van der Waals surface area contributed by atoms with E-state index in [0.717, 1.165) is 17.4 Å². The van der Waals surface area contributed by atoms with Crippen molar-refractivity contribution in [2.45, 2.75) is 60.0 Å². The van der Waals surface area contributed by atoms with Gasteiger partial charge in [-0.05, 0) is 68.0 Å². The Hall–Kier alpha value is -2.94. The summed E-state index contributed by atoms with van der Waals surface area (Å²) in [5.41, 5.74) is 3.05. The van der Waals surface area contributed by atoms with Crippen LogP contribution >= 0.6 is 0 Å². The molecule has 2 amide bonds. The normalized spacial score (nSPS) is 12.3. The van der Waals surface area contributed by atoms with Crippen molar-refractivity contribution in [1.82, 2.24) is 10.2 Å². The first kappa shape index (κ1) is 29.3. The maximum absolute atomic E-state index is 13.4. The lowest BCUT2D eigenvalue weighted by Crippen LogP contribution is -2.48. The number of benzene rings is 2. The van der Waals surface area contributed by atoms with E-state index in [1.54, 1.807) is 19.1 Å². The van der Waals surface area contributed by atoms with E-state index >= 15 is 0 Å². The Kier molecular flexibility index (Phi) is 10.5. The van der Waals surface area contributed by atoms with Gasteiger partial charge in [0.2, 0.25) is 21.8 Å². The van der Waals surface area contributed by atoms with E-state index < -0.39 is 16.1 Å². The van der Waals surface area contributed by atoms with Crippen LogP contribution in [0, 0.1) is 25.6 Å². The van der Waals surface area contributed by atoms with Crippen molar-refractivity contribution >= 4 is 27.5 Å². The smallest absolute Gasteiger partial charge is 0.242 e. The minimum absolute atomic E-state index is 0.0554. The second-order valence-corrected chi connectivity index (χ2v) is 11.6. The predicted octanol–water partition coefficient (Wildman–Crippen LogP) is 4.18. The van der Waals surface area contributed by atoms with Gasteiger partial charge >= 0.3 is 0 Å². The van der Waals surface area contributed by atoms with Crippen LogP contribution in [0.5, 0.6) is 0 Å². The number of rotatable bonds is 12. The maximum atomic E-state index is 13.4. The van der Waals surface area contributed by atoms with Gasteiger partial charge < -0.3 is 10.2 Å². The van der Waals surface area contributed by atoms with Crippen LogP contribution in [0.15, 0.2) is 42.5 Å². The molecule has 0 aliphatic rings. The molecule has 0 aromatic heterocycles. The molecule has 1 N–H and O–H groups in total. The summed E-state index contributed by atoms with van der Waals surface area (Å²) >= 11 is 0. The Morgan fingerprint density at radius 3 is 2.25 bits per heavy atom. The van der Waals surface area contributed by atoms with Crippen molar-refractivity contribution in [1.29, 1.82) is 0 Å². The van der Waals surface area contributed by atoms with Gasteiger partial charge in [0.15, 0.2) is 0 Å². The van der Waals surface area contributed by atoms with Gasteiger partial charge in [-0.2, -0.15) is 0 Å². The van der Waals surface area contributed by atoms with Crippen LogP contribution in [0.25, 0.3) is 0 Å². The lowest BCUT2D eigenvalue weighted by Gasteiger charge is -2.30. The third-order valence-corrected chi connectivity index (χ3v) is 7.08. The number of anilines is 1. The Labute approximate surface area is 214 Å². The summed E-state index contributed by atoms with van der Waals surface area (Å²) in [6.45, 7) is 10.1. The molecular weight excluding hydrogens is 481 g/mol. The Bertz CT molecular complexity index is 1150. The minimum atomic E-state index is -3.56. The predicted molar refractivity (Wildman–Crippen MR) is 142 cm³/mol. The number of nitrogens with zero attached hydrogens (tertiary/aromatic N) is 2. The highest BCUT2D eigenvalue weighted by Crippen LogP contribution is 2.24. The van der Waals surface area contributed by atoms with Crippen molar-refractivity contribution in [3.8, 4) is 0 Å². The first-order chi connectivity index (χ1) is 16.8. The molecule has 2 rings (SSSR count). The Balaban J connectivity index is 2.18. The molecule has 198 valence electrons. The number of sulfonamides is 1. The maximum Gasteiger partial charge on any atom is 0.242 e. The highest BCUT2D eigenvalue weighted by molar-refractivity contribution is 7.92. The summed E-state index contributed by atoms with van der Waals surface area (Å²) in [5.74, 6) is -0.672. The third kappa shape index (κ3) is 8.62. The zero-order valence-corrected chi connectivity index (χ0v) is 22.9. The van der Waals surface area contributed by atoms with Gasteiger partial charge in [0.05, 0.1) is 11.9 Å². The van der Waals surface area contributed by atoms with Crippen LogP contribution in [0.3, 0.4) is 0 Å². The van der Waals surface area contributed by atoms with Crippen LogP contribution in [0.2, 0.25) is 0 Å². The van der Waals surface area contributed by atoms with Gasteiger partial charge in [0.1, 0.15) is 11.9 Å². The van der Waals surface area contributed by atoms with E-state index in [1.165, 1.54) is 21.3 Å². The Morgan fingerprint density at radius 2 is 1.67 bits per heavy atom. The summed E-state index contributed by atoms with van der Waals surface area (Å²) < 4.78 is 39.8. The van der Waals surface area contributed by atoms with E-state index in [1.807, 2.05) is 45.9 Å². The number of amides is 2. The average molecular weight is 520 g/mol. The van der Waals surface area contributed by atoms with Crippen LogP contribution in [0.1, 0.15) is 50.3 Å². The lowest BCUT2D eigenvalue weighted by atomic mass is 10.1. The summed E-state index contributed by atoms with van der Waals surface area (Å²) in [5, 5.41) is 2.86. The van der Waals surface area contributed by atoms with Crippen molar-refractivity contribution in [3.63, 3.8) is 0 Å². The zero-order valence-electron chi connectivity index (χ0n) is 22.0. The summed E-state index contributed by atoms with van der Waals surface area (Å²) in [4.78, 5) is 27.5. The highest BCUT2D eigenvalue weighted by atomic mass is 32.2. The molecule has 7 nitrogen and oxygen atoms in total. The van der Waals surface area contributed by atoms with Crippen molar-refractivity contribution in [2.24, 2.45) is 5.92 Å². The second kappa shape index (κ2) is 12.9. The molecule has 0 heterocycles. The fourth-order valence-electron chi connectivity index (χ4n) is 3.79. The van der Waals surface area contributed by atoms with Gasteiger partial charge in [-0.3, -0.25) is 13.9 Å². The fraction of sp³-hybridized carbons (Fsp3) is 0.481. The van der Waals surface area contributed by atoms with Gasteiger partial charge in [-0.25, -0.2) is 12.8 Å².